The van der Waals surface area contributed by atoms with Gasteiger partial charge in [-0.05, 0) is 51.0 Å². The first-order valence-electron chi connectivity index (χ1n) is 10.9. The summed E-state index contributed by atoms with van der Waals surface area (Å²) in [6, 6.07) is 7.16. The first-order valence-corrected chi connectivity index (χ1v) is 10.9. The number of ether oxygens (including phenoxy) is 2. The maximum absolute atomic E-state index is 13.3. The molecule has 0 aromatic carbocycles. The molecule has 176 valence electrons. The summed E-state index contributed by atoms with van der Waals surface area (Å²) in [5.74, 6) is -0.558. The fourth-order valence-corrected chi connectivity index (χ4v) is 3.45. The summed E-state index contributed by atoms with van der Waals surface area (Å²) in [6.07, 6.45) is 8.01. The van der Waals surface area contributed by atoms with Gasteiger partial charge in [0.1, 0.15) is 17.4 Å². The van der Waals surface area contributed by atoms with Crippen molar-refractivity contribution < 1.29 is 14.3 Å². The smallest absolute Gasteiger partial charge is 0.271 e. The number of pyridine rings is 2. The maximum Gasteiger partial charge on any atom is 0.271 e. The van der Waals surface area contributed by atoms with Crippen LogP contribution in [0, 0.1) is 18.3 Å². The van der Waals surface area contributed by atoms with Crippen molar-refractivity contribution in [1.82, 2.24) is 14.0 Å². The Morgan fingerprint density at radius 3 is 2.82 bits per heavy atom. The molecule has 0 N–H and O–H groups in total. The van der Waals surface area contributed by atoms with Gasteiger partial charge < -0.3 is 14.0 Å². The van der Waals surface area contributed by atoms with Crippen LogP contribution in [0.15, 0.2) is 58.7 Å². The van der Waals surface area contributed by atoms with Crippen LogP contribution in [0.4, 0.5) is 0 Å². The molecule has 9 nitrogen and oxygen atoms in total. The van der Waals surface area contributed by atoms with Crippen LogP contribution in [0.2, 0.25) is 0 Å². The number of hydrogen-bond acceptors (Lipinski definition) is 6. The summed E-state index contributed by atoms with van der Waals surface area (Å²) in [7, 11) is 1.50. The first-order chi connectivity index (χ1) is 16.4. The van der Waals surface area contributed by atoms with Gasteiger partial charge in [0.2, 0.25) is 0 Å². The van der Waals surface area contributed by atoms with E-state index in [9.17, 15) is 14.9 Å². The van der Waals surface area contributed by atoms with Gasteiger partial charge >= 0.3 is 0 Å². The molecular formula is C25H27N5O4. The summed E-state index contributed by atoms with van der Waals surface area (Å²) in [5, 5.41) is 10.1. The second-order valence-electron chi connectivity index (χ2n) is 7.83. The molecule has 3 rings (SSSR count). The number of allylic oxidation sites excluding steroid dienone is 2. The van der Waals surface area contributed by atoms with E-state index in [-0.39, 0.29) is 28.1 Å². The van der Waals surface area contributed by atoms with Crippen molar-refractivity contribution in [3.63, 3.8) is 0 Å². The highest BCUT2D eigenvalue weighted by atomic mass is 16.5. The molecule has 34 heavy (non-hydrogen) atoms. The summed E-state index contributed by atoms with van der Waals surface area (Å²) in [4.78, 5) is 34.7. The zero-order valence-corrected chi connectivity index (χ0v) is 19.7. The maximum atomic E-state index is 13.3. The molecule has 3 aromatic rings. The van der Waals surface area contributed by atoms with Gasteiger partial charge in [-0.2, -0.15) is 10.3 Å². The van der Waals surface area contributed by atoms with E-state index in [0.717, 1.165) is 5.56 Å². The van der Waals surface area contributed by atoms with Crippen molar-refractivity contribution in [2.45, 2.75) is 39.8 Å². The first kappa shape index (κ1) is 24.6. The van der Waals surface area contributed by atoms with E-state index in [1.807, 2.05) is 26.8 Å². The van der Waals surface area contributed by atoms with Crippen molar-refractivity contribution >= 4 is 22.6 Å². The molecule has 1 amide bonds. The zero-order chi connectivity index (χ0) is 24.7. The lowest BCUT2D eigenvalue weighted by atomic mass is 10.2. The summed E-state index contributed by atoms with van der Waals surface area (Å²) in [5.41, 5.74) is 1.64. The SMILES string of the molecule is CO/C=C/C=C/C(=O)N=c1c(C#N)cc2c(=O)n3cccc(C)c3nc2n1CCCOC(C)C. The molecule has 0 aliphatic heterocycles. The molecule has 0 aliphatic carbocycles. The Hall–Kier alpha value is -4.03. The van der Waals surface area contributed by atoms with E-state index < -0.39 is 5.91 Å². The fourth-order valence-electron chi connectivity index (χ4n) is 3.45. The van der Waals surface area contributed by atoms with Crippen LogP contribution in [0.25, 0.3) is 16.7 Å². The zero-order valence-electron chi connectivity index (χ0n) is 19.7. The highest BCUT2D eigenvalue weighted by molar-refractivity contribution is 5.89. The predicted octanol–water partition coefficient (Wildman–Crippen LogP) is 2.79. The number of rotatable bonds is 8. The Morgan fingerprint density at radius 2 is 2.12 bits per heavy atom. The highest BCUT2D eigenvalue weighted by Crippen LogP contribution is 2.13. The molecule has 9 heteroatoms. The number of fused-ring (bicyclic) bond motifs is 2. The van der Waals surface area contributed by atoms with Crippen LogP contribution in [0.1, 0.15) is 31.4 Å². The molecule has 0 unspecified atom stereocenters. The summed E-state index contributed by atoms with van der Waals surface area (Å²) in [6.45, 7) is 6.57. The second-order valence-corrected chi connectivity index (χ2v) is 7.83. The lowest BCUT2D eigenvalue weighted by Crippen LogP contribution is -2.30. The minimum Gasteiger partial charge on any atom is -0.504 e. The molecular weight excluding hydrogens is 434 g/mol. The van der Waals surface area contributed by atoms with Gasteiger partial charge in [-0.3, -0.25) is 14.0 Å². The third kappa shape index (κ3) is 5.47. The number of methoxy groups -OCH3 is 1. The summed E-state index contributed by atoms with van der Waals surface area (Å²) < 4.78 is 13.6. The third-order valence-electron chi connectivity index (χ3n) is 4.98. The predicted molar refractivity (Wildman–Crippen MR) is 128 cm³/mol. The molecule has 3 heterocycles. The molecule has 0 aliphatic rings. The van der Waals surface area contributed by atoms with Crippen molar-refractivity contribution in [3.8, 4) is 6.07 Å². The van der Waals surface area contributed by atoms with Crippen LogP contribution < -0.4 is 11.0 Å². The molecule has 0 radical (unpaired) electrons. The Bertz CT molecular complexity index is 1440. The standard InChI is InChI=1S/C25H27N5O4/c1-17(2)34-14-8-12-29-23(27-21(31)10-5-6-13-33-4)19(16-26)15-20-24(29)28-22-18(3)9-7-11-30(22)25(20)32/h5-7,9-11,13,15,17H,8,12,14H2,1-4H3/b10-5+,13-6+,27-23?. The number of aryl methyl sites for hydroxylation is 2. The second kappa shape index (κ2) is 11.2. The van der Waals surface area contributed by atoms with Crippen LogP contribution in [0.5, 0.6) is 0 Å². The molecule has 3 aromatic heterocycles. The lowest BCUT2D eigenvalue weighted by Gasteiger charge is -2.14. The highest BCUT2D eigenvalue weighted by Gasteiger charge is 2.15. The van der Waals surface area contributed by atoms with Gasteiger partial charge in [-0.15, -0.1) is 0 Å². The van der Waals surface area contributed by atoms with Crippen LogP contribution in [-0.2, 0) is 20.8 Å². The normalized spacial score (nSPS) is 12.4. The van der Waals surface area contributed by atoms with E-state index >= 15 is 0 Å². The molecule has 0 spiro atoms. The largest absolute Gasteiger partial charge is 0.504 e. The average molecular weight is 462 g/mol. The van der Waals surface area contributed by atoms with Crippen LogP contribution in [0.3, 0.4) is 0 Å². The van der Waals surface area contributed by atoms with Gasteiger partial charge in [0.25, 0.3) is 11.5 Å². The van der Waals surface area contributed by atoms with Crippen molar-refractivity contribution in [3.05, 3.63) is 75.9 Å². The lowest BCUT2D eigenvalue weighted by molar-refractivity contribution is -0.113. The number of nitrogens with zero attached hydrogens (tertiary/aromatic N) is 5. The molecule has 0 saturated heterocycles. The number of carbonyl (C=O) groups is 1. The Labute approximate surface area is 196 Å². The number of carbonyl (C=O) groups excluding carboxylic acids is 1. The number of hydrogen-bond donors (Lipinski definition) is 0. The van der Waals surface area contributed by atoms with Gasteiger partial charge in [0.05, 0.1) is 30.4 Å². The third-order valence-corrected chi connectivity index (χ3v) is 4.98. The van der Waals surface area contributed by atoms with Gasteiger partial charge in [-0.25, -0.2) is 4.98 Å². The van der Waals surface area contributed by atoms with E-state index in [0.29, 0.717) is 30.9 Å². The number of amides is 1. The minimum absolute atomic E-state index is 0.0672. The molecule has 0 fully saturated rings. The molecule has 0 bridgehead atoms. The monoisotopic (exact) mass is 461 g/mol. The van der Waals surface area contributed by atoms with Gasteiger partial charge in [0.15, 0.2) is 5.49 Å². The average Bonchev–Trinajstić information content (AvgIpc) is 2.81. The Kier molecular flexibility index (Phi) is 8.11. The van der Waals surface area contributed by atoms with E-state index in [1.165, 1.54) is 36.0 Å². The van der Waals surface area contributed by atoms with Crippen molar-refractivity contribution in [1.29, 1.82) is 5.26 Å². The minimum atomic E-state index is -0.558. The van der Waals surface area contributed by atoms with Crippen LogP contribution in [-0.4, -0.2) is 39.7 Å². The Balaban J connectivity index is 2.28. The fraction of sp³-hybridized carbons (Fsp3) is 0.320. The molecule has 0 saturated carbocycles. The van der Waals surface area contributed by atoms with Crippen molar-refractivity contribution in [2.24, 2.45) is 4.99 Å². The van der Waals surface area contributed by atoms with Crippen LogP contribution >= 0.6 is 0 Å². The number of aromatic nitrogens is 3. The van der Waals surface area contributed by atoms with E-state index in [4.69, 9.17) is 14.5 Å². The molecule has 0 atom stereocenters. The van der Waals surface area contributed by atoms with Crippen molar-refractivity contribution in [2.75, 3.05) is 13.7 Å². The summed E-state index contributed by atoms with van der Waals surface area (Å²) >= 11 is 0. The number of nitriles is 1. The Morgan fingerprint density at radius 1 is 1.32 bits per heavy atom. The van der Waals surface area contributed by atoms with E-state index in [1.54, 1.807) is 22.9 Å². The van der Waals surface area contributed by atoms with E-state index in [2.05, 4.69) is 11.1 Å². The van der Waals surface area contributed by atoms with Gasteiger partial charge in [-0.1, -0.05) is 12.1 Å². The van der Waals surface area contributed by atoms with Gasteiger partial charge in [0, 0.05) is 25.4 Å². The quantitative estimate of drug-likeness (QED) is 0.168. The topological polar surface area (TPSA) is 111 Å².